The van der Waals surface area contributed by atoms with E-state index in [0.29, 0.717) is 11.6 Å². The predicted octanol–water partition coefficient (Wildman–Crippen LogP) is 1.67. The van der Waals surface area contributed by atoms with Gasteiger partial charge in [0.15, 0.2) is 5.89 Å². The molecular formula is C6H6ClNO2. The standard InChI is InChI=1S/C6H6ClNO2/c1-3-5(6(7)9)10-4(2)8-3/h1-2H3. The minimum Gasteiger partial charge on any atom is -0.436 e. The third kappa shape index (κ3) is 1.19. The first-order chi connectivity index (χ1) is 4.61. The van der Waals surface area contributed by atoms with Crippen LogP contribution in [0.3, 0.4) is 0 Å². The molecule has 0 atom stereocenters. The number of hydrogen-bond donors (Lipinski definition) is 0. The number of nitrogens with zero attached hydrogens (tertiary/aromatic N) is 1. The van der Waals surface area contributed by atoms with Gasteiger partial charge in [-0.25, -0.2) is 4.98 Å². The van der Waals surface area contributed by atoms with Gasteiger partial charge in [-0.2, -0.15) is 0 Å². The lowest BCUT2D eigenvalue weighted by atomic mass is 10.4. The second-order valence-electron chi connectivity index (χ2n) is 1.92. The van der Waals surface area contributed by atoms with E-state index in [9.17, 15) is 4.79 Å². The highest BCUT2D eigenvalue weighted by Gasteiger charge is 2.12. The molecule has 4 heteroatoms. The molecule has 3 nitrogen and oxygen atoms in total. The normalized spacial score (nSPS) is 9.90. The third-order valence-corrected chi connectivity index (χ3v) is 1.25. The molecule has 0 saturated heterocycles. The van der Waals surface area contributed by atoms with Gasteiger partial charge in [0.05, 0.1) is 5.69 Å². The van der Waals surface area contributed by atoms with Crippen molar-refractivity contribution in [2.24, 2.45) is 0 Å². The largest absolute Gasteiger partial charge is 0.436 e. The Labute approximate surface area is 63.0 Å². The fourth-order valence-corrected chi connectivity index (χ4v) is 0.889. The molecule has 0 aliphatic carbocycles. The van der Waals surface area contributed by atoms with Gasteiger partial charge in [0.2, 0.25) is 5.76 Å². The van der Waals surface area contributed by atoms with E-state index in [1.807, 2.05) is 0 Å². The zero-order valence-corrected chi connectivity index (χ0v) is 6.40. The highest BCUT2D eigenvalue weighted by molar-refractivity contribution is 6.67. The van der Waals surface area contributed by atoms with Crippen LogP contribution in [0, 0.1) is 13.8 Å². The molecule has 0 spiro atoms. The Morgan fingerprint density at radius 2 is 2.20 bits per heavy atom. The van der Waals surface area contributed by atoms with E-state index < -0.39 is 5.24 Å². The van der Waals surface area contributed by atoms with E-state index in [1.165, 1.54) is 0 Å². The molecule has 1 aromatic rings. The lowest BCUT2D eigenvalue weighted by Crippen LogP contribution is -1.87. The quantitative estimate of drug-likeness (QED) is 0.586. The van der Waals surface area contributed by atoms with Crippen LogP contribution >= 0.6 is 11.6 Å². The Morgan fingerprint density at radius 3 is 2.40 bits per heavy atom. The van der Waals surface area contributed by atoms with Gasteiger partial charge in [0.1, 0.15) is 0 Å². The maximum Gasteiger partial charge on any atom is 0.289 e. The SMILES string of the molecule is Cc1nc(C)c(C(=O)Cl)o1. The lowest BCUT2D eigenvalue weighted by Gasteiger charge is -1.82. The number of rotatable bonds is 1. The Morgan fingerprint density at radius 1 is 1.60 bits per heavy atom. The van der Waals surface area contributed by atoms with E-state index in [1.54, 1.807) is 13.8 Å². The van der Waals surface area contributed by atoms with E-state index >= 15 is 0 Å². The van der Waals surface area contributed by atoms with Gasteiger partial charge in [-0.3, -0.25) is 4.79 Å². The summed E-state index contributed by atoms with van der Waals surface area (Å²) in [6, 6.07) is 0. The molecule has 1 heterocycles. The monoisotopic (exact) mass is 159 g/mol. The van der Waals surface area contributed by atoms with Crippen molar-refractivity contribution in [2.75, 3.05) is 0 Å². The van der Waals surface area contributed by atoms with Crippen molar-refractivity contribution < 1.29 is 9.21 Å². The average Bonchev–Trinajstić information content (AvgIpc) is 2.10. The van der Waals surface area contributed by atoms with Crippen molar-refractivity contribution in [1.29, 1.82) is 0 Å². The second-order valence-corrected chi connectivity index (χ2v) is 2.26. The van der Waals surface area contributed by atoms with Crippen LogP contribution in [0.2, 0.25) is 0 Å². The van der Waals surface area contributed by atoms with E-state index in [2.05, 4.69) is 4.98 Å². The van der Waals surface area contributed by atoms with Gasteiger partial charge in [-0.15, -0.1) is 0 Å². The number of carbonyl (C=O) groups excluding carboxylic acids is 1. The van der Waals surface area contributed by atoms with E-state index in [4.69, 9.17) is 16.0 Å². The van der Waals surface area contributed by atoms with Crippen LogP contribution in [-0.4, -0.2) is 10.2 Å². The Balaban J connectivity index is 3.15. The van der Waals surface area contributed by atoms with E-state index in [0.717, 1.165) is 0 Å². The Hall–Kier alpha value is -0.830. The summed E-state index contributed by atoms with van der Waals surface area (Å²) in [7, 11) is 0. The summed E-state index contributed by atoms with van der Waals surface area (Å²) in [5, 5.41) is -0.599. The summed E-state index contributed by atoms with van der Waals surface area (Å²) < 4.78 is 4.88. The fourth-order valence-electron chi connectivity index (χ4n) is 0.714. The zero-order chi connectivity index (χ0) is 7.72. The topological polar surface area (TPSA) is 43.1 Å². The van der Waals surface area contributed by atoms with Crippen molar-refractivity contribution in [1.82, 2.24) is 4.98 Å². The number of hydrogen-bond acceptors (Lipinski definition) is 3. The molecule has 10 heavy (non-hydrogen) atoms. The van der Waals surface area contributed by atoms with Crippen LogP contribution in [0.4, 0.5) is 0 Å². The molecule has 0 aliphatic heterocycles. The molecule has 54 valence electrons. The maximum absolute atomic E-state index is 10.5. The van der Waals surface area contributed by atoms with Gasteiger partial charge < -0.3 is 4.42 Å². The van der Waals surface area contributed by atoms with Crippen LogP contribution in [0.1, 0.15) is 22.1 Å². The minimum atomic E-state index is -0.599. The first kappa shape index (κ1) is 7.28. The second kappa shape index (κ2) is 2.42. The number of aryl methyl sites for hydroxylation is 2. The van der Waals surface area contributed by atoms with Crippen LogP contribution in [0.25, 0.3) is 0 Å². The molecule has 0 N–H and O–H groups in total. The van der Waals surface area contributed by atoms with Crippen molar-refractivity contribution in [2.45, 2.75) is 13.8 Å². The summed E-state index contributed by atoms with van der Waals surface area (Å²) in [5.41, 5.74) is 0.539. The smallest absolute Gasteiger partial charge is 0.289 e. The predicted molar refractivity (Wildman–Crippen MR) is 36.2 cm³/mol. The highest BCUT2D eigenvalue weighted by atomic mass is 35.5. The van der Waals surface area contributed by atoms with Gasteiger partial charge in [-0.1, -0.05) is 0 Å². The first-order valence-electron chi connectivity index (χ1n) is 2.75. The summed E-state index contributed by atoms with van der Waals surface area (Å²) in [6.07, 6.45) is 0. The summed E-state index contributed by atoms with van der Waals surface area (Å²) in [5.74, 6) is 0.598. The fraction of sp³-hybridized carbons (Fsp3) is 0.333. The summed E-state index contributed by atoms with van der Waals surface area (Å²) in [4.78, 5) is 14.4. The number of halogens is 1. The third-order valence-electron chi connectivity index (χ3n) is 1.08. The molecule has 0 aliphatic rings. The van der Waals surface area contributed by atoms with Gasteiger partial charge >= 0.3 is 0 Å². The number of oxazole rings is 1. The zero-order valence-electron chi connectivity index (χ0n) is 5.64. The van der Waals surface area contributed by atoms with Crippen molar-refractivity contribution >= 4 is 16.8 Å². The van der Waals surface area contributed by atoms with Gasteiger partial charge in [0.25, 0.3) is 5.24 Å². The van der Waals surface area contributed by atoms with Crippen molar-refractivity contribution in [3.63, 3.8) is 0 Å². The molecule has 0 bridgehead atoms. The lowest BCUT2D eigenvalue weighted by molar-refractivity contribution is 0.105. The first-order valence-corrected chi connectivity index (χ1v) is 3.13. The maximum atomic E-state index is 10.5. The van der Waals surface area contributed by atoms with Gasteiger partial charge in [0, 0.05) is 6.92 Å². The molecule has 0 amide bonds. The molecule has 1 rings (SSSR count). The van der Waals surface area contributed by atoms with E-state index in [-0.39, 0.29) is 5.76 Å². The van der Waals surface area contributed by atoms with Crippen LogP contribution in [-0.2, 0) is 0 Å². The number of carbonyl (C=O) groups is 1. The van der Waals surface area contributed by atoms with Crippen molar-refractivity contribution in [3.8, 4) is 0 Å². The Kier molecular flexibility index (Phi) is 1.76. The summed E-state index contributed by atoms with van der Waals surface area (Å²) in [6.45, 7) is 3.34. The molecule has 1 aromatic heterocycles. The van der Waals surface area contributed by atoms with Crippen LogP contribution < -0.4 is 0 Å². The van der Waals surface area contributed by atoms with Crippen molar-refractivity contribution in [3.05, 3.63) is 17.3 Å². The molecule has 0 aromatic carbocycles. The molecule has 0 fully saturated rings. The molecular weight excluding hydrogens is 154 g/mol. The molecule has 0 saturated carbocycles. The summed E-state index contributed by atoms with van der Waals surface area (Å²) >= 11 is 5.15. The minimum absolute atomic E-state index is 0.138. The van der Waals surface area contributed by atoms with Crippen LogP contribution in [0.15, 0.2) is 4.42 Å². The Bertz CT molecular complexity index is 267. The molecule has 0 unspecified atom stereocenters. The average molecular weight is 160 g/mol. The highest BCUT2D eigenvalue weighted by Crippen LogP contribution is 2.11. The van der Waals surface area contributed by atoms with Gasteiger partial charge in [-0.05, 0) is 18.5 Å². The van der Waals surface area contributed by atoms with Crippen LogP contribution in [0.5, 0.6) is 0 Å². The number of aromatic nitrogens is 1. The molecule has 0 radical (unpaired) electrons.